The third kappa shape index (κ3) is 8.12. The lowest BCUT2D eigenvalue weighted by atomic mass is 9.98. The van der Waals surface area contributed by atoms with E-state index in [9.17, 15) is 4.79 Å². The molecular formula is C24H40IN5O3. The Labute approximate surface area is 215 Å². The summed E-state index contributed by atoms with van der Waals surface area (Å²) in [5.74, 6) is 2.21. The zero-order chi connectivity index (χ0) is 23.1. The van der Waals surface area contributed by atoms with E-state index in [-0.39, 0.29) is 30.1 Å². The van der Waals surface area contributed by atoms with Gasteiger partial charge in [-0.25, -0.2) is 4.79 Å². The van der Waals surface area contributed by atoms with Gasteiger partial charge in [-0.3, -0.25) is 4.99 Å². The van der Waals surface area contributed by atoms with E-state index < -0.39 is 5.60 Å². The molecule has 0 aliphatic carbocycles. The molecule has 1 amide bonds. The van der Waals surface area contributed by atoms with Crippen LogP contribution in [0.15, 0.2) is 29.3 Å². The molecule has 2 fully saturated rings. The zero-order valence-electron chi connectivity index (χ0n) is 20.7. The van der Waals surface area contributed by atoms with Crippen LogP contribution in [-0.4, -0.2) is 87.4 Å². The number of nitrogens with one attached hydrogen (secondary N) is 1. The van der Waals surface area contributed by atoms with Crippen molar-refractivity contribution in [2.45, 2.75) is 39.2 Å². The van der Waals surface area contributed by atoms with Crippen molar-refractivity contribution in [2.24, 2.45) is 10.9 Å². The molecule has 9 heteroatoms. The van der Waals surface area contributed by atoms with Crippen LogP contribution in [0.25, 0.3) is 0 Å². The number of aliphatic imine (C=N–C) groups is 1. The SMILES string of the molecule is CN=C(NCC1CCCN(C(=O)OC(C)(C)C)C1)N1CCN(c2cccc(OC)c2)CC1.I. The topological polar surface area (TPSA) is 69.6 Å². The fraction of sp³-hybridized carbons (Fsp3) is 0.667. The number of halogens is 1. The van der Waals surface area contributed by atoms with Crippen molar-refractivity contribution in [2.75, 3.05) is 64.9 Å². The minimum atomic E-state index is -0.461. The molecule has 2 aliphatic rings. The molecule has 0 aromatic heterocycles. The lowest BCUT2D eigenvalue weighted by Gasteiger charge is -2.38. The Kier molecular flexibility index (Phi) is 10.4. The summed E-state index contributed by atoms with van der Waals surface area (Å²) in [6.45, 7) is 11.7. The number of benzene rings is 1. The first kappa shape index (κ1) is 27.3. The normalized spacial score (nSPS) is 19.6. The Morgan fingerprint density at radius 2 is 1.88 bits per heavy atom. The molecular weight excluding hydrogens is 533 g/mol. The lowest BCUT2D eigenvalue weighted by Crippen LogP contribution is -2.54. The van der Waals surface area contributed by atoms with E-state index in [1.165, 1.54) is 5.69 Å². The van der Waals surface area contributed by atoms with Gasteiger partial charge < -0.3 is 29.5 Å². The summed E-state index contributed by atoms with van der Waals surface area (Å²) in [6, 6.07) is 8.22. The molecule has 0 spiro atoms. The van der Waals surface area contributed by atoms with Crippen LogP contribution < -0.4 is 15.0 Å². The molecule has 0 saturated carbocycles. The van der Waals surface area contributed by atoms with E-state index in [1.807, 2.05) is 44.9 Å². The Balaban J connectivity index is 0.00000385. The van der Waals surface area contributed by atoms with E-state index in [2.05, 4.69) is 32.2 Å². The third-order valence-electron chi connectivity index (χ3n) is 5.93. The van der Waals surface area contributed by atoms with E-state index >= 15 is 0 Å². The number of carbonyl (C=O) groups is 1. The number of ether oxygens (including phenoxy) is 2. The van der Waals surface area contributed by atoms with Gasteiger partial charge >= 0.3 is 6.09 Å². The first-order valence-corrected chi connectivity index (χ1v) is 11.6. The smallest absolute Gasteiger partial charge is 0.410 e. The standard InChI is InChI=1S/C24H39N5O3.HI/c1-24(2,3)32-23(30)29-11-7-8-19(18-29)17-26-22(25-4)28-14-12-27(13-15-28)20-9-6-10-21(16-20)31-5;/h6,9-10,16,19H,7-8,11-15,17-18H2,1-5H3,(H,25,26);1H. The second-order valence-electron chi connectivity index (χ2n) is 9.54. The quantitative estimate of drug-likeness (QED) is 0.337. The van der Waals surface area contributed by atoms with Crippen LogP contribution in [0, 0.1) is 5.92 Å². The van der Waals surface area contributed by atoms with Gasteiger partial charge in [-0.15, -0.1) is 24.0 Å². The maximum Gasteiger partial charge on any atom is 0.410 e. The third-order valence-corrected chi connectivity index (χ3v) is 5.93. The average Bonchev–Trinajstić information content (AvgIpc) is 2.79. The van der Waals surface area contributed by atoms with Gasteiger partial charge in [0.2, 0.25) is 0 Å². The first-order chi connectivity index (χ1) is 15.3. The molecule has 0 bridgehead atoms. The summed E-state index contributed by atoms with van der Waals surface area (Å²) < 4.78 is 10.9. The number of rotatable bonds is 4. The van der Waals surface area contributed by atoms with Gasteiger partial charge in [0.1, 0.15) is 11.4 Å². The van der Waals surface area contributed by atoms with Crippen molar-refractivity contribution in [1.29, 1.82) is 0 Å². The lowest BCUT2D eigenvalue weighted by molar-refractivity contribution is 0.0168. The number of guanidine groups is 1. The van der Waals surface area contributed by atoms with Crippen LogP contribution in [0.5, 0.6) is 5.75 Å². The van der Waals surface area contributed by atoms with Crippen LogP contribution in [0.2, 0.25) is 0 Å². The molecule has 1 atom stereocenters. The highest BCUT2D eigenvalue weighted by Gasteiger charge is 2.28. The Morgan fingerprint density at radius 3 is 2.52 bits per heavy atom. The molecule has 1 unspecified atom stereocenters. The largest absolute Gasteiger partial charge is 0.497 e. The molecule has 1 aromatic carbocycles. The van der Waals surface area contributed by atoms with Crippen LogP contribution in [0.1, 0.15) is 33.6 Å². The first-order valence-electron chi connectivity index (χ1n) is 11.6. The van der Waals surface area contributed by atoms with Crippen molar-refractivity contribution in [3.8, 4) is 5.75 Å². The maximum absolute atomic E-state index is 12.4. The molecule has 2 aliphatic heterocycles. The second-order valence-corrected chi connectivity index (χ2v) is 9.54. The van der Waals surface area contributed by atoms with Crippen LogP contribution in [0.4, 0.5) is 10.5 Å². The van der Waals surface area contributed by atoms with Crippen molar-refractivity contribution in [3.63, 3.8) is 0 Å². The maximum atomic E-state index is 12.4. The molecule has 1 aromatic rings. The Morgan fingerprint density at radius 1 is 1.15 bits per heavy atom. The predicted octanol–water partition coefficient (Wildman–Crippen LogP) is 3.66. The van der Waals surface area contributed by atoms with E-state index in [1.54, 1.807) is 7.11 Å². The van der Waals surface area contributed by atoms with Crippen LogP contribution >= 0.6 is 24.0 Å². The second kappa shape index (κ2) is 12.5. The number of amides is 1. The van der Waals surface area contributed by atoms with E-state index in [4.69, 9.17) is 9.47 Å². The zero-order valence-corrected chi connectivity index (χ0v) is 23.0. The van der Waals surface area contributed by atoms with Gasteiger partial charge in [0.05, 0.1) is 7.11 Å². The summed E-state index contributed by atoms with van der Waals surface area (Å²) in [7, 11) is 3.54. The molecule has 8 nitrogen and oxygen atoms in total. The number of hydrogen-bond donors (Lipinski definition) is 1. The molecule has 33 heavy (non-hydrogen) atoms. The van der Waals surface area contributed by atoms with E-state index in [0.29, 0.717) is 5.92 Å². The number of anilines is 1. The van der Waals surface area contributed by atoms with Gasteiger partial charge in [-0.05, 0) is 51.7 Å². The summed E-state index contributed by atoms with van der Waals surface area (Å²) >= 11 is 0. The van der Waals surface area contributed by atoms with Gasteiger partial charge in [0, 0.05) is 64.6 Å². The highest BCUT2D eigenvalue weighted by Crippen LogP contribution is 2.22. The van der Waals surface area contributed by atoms with Gasteiger partial charge in [-0.2, -0.15) is 0 Å². The Hall–Kier alpha value is -1.91. The molecule has 2 heterocycles. The average molecular weight is 574 g/mol. The number of likely N-dealkylation sites (tertiary alicyclic amines) is 1. The van der Waals surface area contributed by atoms with Gasteiger partial charge in [0.15, 0.2) is 5.96 Å². The molecule has 0 radical (unpaired) electrons. The number of methoxy groups -OCH3 is 1. The molecule has 186 valence electrons. The highest BCUT2D eigenvalue weighted by atomic mass is 127. The number of piperidine rings is 1. The number of nitrogens with zero attached hydrogens (tertiary/aromatic N) is 4. The van der Waals surface area contributed by atoms with Gasteiger partial charge in [0.25, 0.3) is 0 Å². The number of carbonyl (C=O) groups excluding carboxylic acids is 1. The fourth-order valence-corrected chi connectivity index (χ4v) is 4.28. The highest BCUT2D eigenvalue weighted by molar-refractivity contribution is 14.0. The molecule has 3 rings (SSSR count). The molecule has 2 saturated heterocycles. The summed E-state index contributed by atoms with van der Waals surface area (Å²) in [6.07, 6.45) is 1.90. The summed E-state index contributed by atoms with van der Waals surface area (Å²) in [5, 5.41) is 3.55. The number of piperazine rings is 1. The van der Waals surface area contributed by atoms with Crippen LogP contribution in [0.3, 0.4) is 0 Å². The summed E-state index contributed by atoms with van der Waals surface area (Å²) in [5.41, 5.74) is 0.730. The van der Waals surface area contributed by atoms with Crippen molar-refractivity contribution in [3.05, 3.63) is 24.3 Å². The van der Waals surface area contributed by atoms with Crippen molar-refractivity contribution in [1.82, 2.24) is 15.1 Å². The fourth-order valence-electron chi connectivity index (χ4n) is 4.28. The van der Waals surface area contributed by atoms with E-state index in [0.717, 1.165) is 70.4 Å². The monoisotopic (exact) mass is 573 g/mol. The van der Waals surface area contributed by atoms with Crippen molar-refractivity contribution < 1.29 is 14.3 Å². The van der Waals surface area contributed by atoms with Gasteiger partial charge in [-0.1, -0.05) is 6.07 Å². The minimum Gasteiger partial charge on any atom is -0.497 e. The predicted molar refractivity (Wildman–Crippen MR) is 144 cm³/mol. The summed E-state index contributed by atoms with van der Waals surface area (Å²) in [4.78, 5) is 23.5. The van der Waals surface area contributed by atoms with Crippen LogP contribution in [-0.2, 0) is 4.74 Å². The minimum absolute atomic E-state index is 0. The Bertz CT molecular complexity index is 791. The molecule has 1 N–H and O–H groups in total. The van der Waals surface area contributed by atoms with Crippen molar-refractivity contribution >= 4 is 41.7 Å². The number of hydrogen-bond acceptors (Lipinski definition) is 5.